The Balaban J connectivity index is 1.70. The summed E-state index contributed by atoms with van der Waals surface area (Å²) in [6.45, 7) is 2.36. The molecule has 0 aliphatic heterocycles. The quantitative estimate of drug-likeness (QED) is 0.163. The smallest absolute Gasteiger partial charge is 0.412 e. The highest BCUT2D eigenvalue weighted by atomic mass is 16.6. The Morgan fingerprint density at radius 1 is 0.974 bits per heavy atom. The van der Waals surface area contributed by atoms with Crippen LogP contribution in [0.1, 0.15) is 31.4 Å². The fraction of sp³-hybridized carbons (Fsp3) is 0.267. The monoisotopic (exact) mass is 533 g/mol. The third-order valence-corrected chi connectivity index (χ3v) is 5.65. The van der Waals surface area contributed by atoms with E-state index in [0.717, 1.165) is 0 Å². The van der Waals surface area contributed by atoms with E-state index < -0.39 is 18.3 Å². The number of allylic oxidation sites excluding steroid dienone is 1. The van der Waals surface area contributed by atoms with Crippen LogP contribution in [0.4, 0.5) is 21.9 Å². The highest BCUT2D eigenvalue weighted by Crippen LogP contribution is 2.29. The molecular formula is C30H35N3O6. The molecule has 0 bridgehead atoms. The van der Waals surface area contributed by atoms with Crippen LogP contribution in [0.5, 0.6) is 5.75 Å². The largest absolute Gasteiger partial charge is 0.491 e. The molecule has 3 aromatic rings. The van der Waals surface area contributed by atoms with Gasteiger partial charge in [-0.3, -0.25) is 10.1 Å². The normalized spacial score (nSPS) is 12.5. The molecule has 0 unspecified atom stereocenters. The van der Waals surface area contributed by atoms with Crippen molar-refractivity contribution >= 4 is 29.1 Å². The van der Waals surface area contributed by atoms with Crippen molar-refractivity contribution in [3.63, 3.8) is 0 Å². The maximum atomic E-state index is 12.8. The number of anilines is 3. The number of carbonyl (C=O) groups is 2. The Kier molecular flexibility index (Phi) is 11.8. The zero-order chi connectivity index (χ0) is 27.9. The van der Waals surface area contributed by atoms with Crippen LogP contribution < -0.4 is 21.1 Å². The van der Waals surface area contributed by atoms with E-state index in [9.17, 15) is 9.59 Å². The average Bonchev–Trinajstić information content (AvgIpc) is 2.94. The number of rotatable bonds is 14. The Morgan fingerprint density at radius 3 is 2.38 bits per heavy atom. The van der Waals surface area contributed by atoms with Gasteiger partial charge in [0.15, 0.2) is 6.10 Å². The van der Waals surface area contributed by atoms with Crippen LogP contribution in [0.15, 0.2) is 91.0 Å². The Bertz CT molecular complexity index is 1200. The molecular weight excluding hydrogens is 498 g/mol. The highest BCUT2D eigenvalue weighted by Gasteiger charge is 2.27. The Hall–Kier alpha value is -4.34. The molecule has 206 valence electrons. The molecule has 5 N–H and O–H groups in total. The van der Waals surface area contributed by atoms with Crippen molar-refractivity contribution in [1.29, 1.82) is 0 Å². The van der Waals surface area contributed by atoms with E-state index in [1.807, 2.05) is 25.1 Å². The topological polar surface area (TPSA) is 132 Å². The number of para-hydroxylation sites is 3. The molecule has 9 nitrogen and oxygen atoms in total. The van der Waals surface area contributed by atoms with Gasteiger partial charge in [0.2, 0.25) is 5.91 Å². The molecule has 2 amide bonds. The Morgan fingerprint density at radius 2 is 1.69 bits per heavy atom. The summed E-state index contributed by atoms with van der Waals surface area (Å²) in [5, 5.41) is 14.5. The first-order valence-corrected chi connectivity index (χ1v) is 12.8. The number of hydrogen-bond acceptors (Lipinski definition) is 7. The summed E-state index contributed by atoms with van der Waals surface area (Å²) in [6, 6.07) is 23.1. The van der Waals surface area contributed by atoms with Crippen LogP contribution in [-0.2, 0) is 14.3 Å². The lowest BCUT2D eigenvalue weighted by molar-refractivity contribution is -0.111. The molecule has 0 aliphatic carbocycles. The molecule has 0 fully saturated rings. The minimum Gasteiger partial charge on any atom is -0.491 e. The third-order valence-electron chi connectivity index (χ3n) is 5.65. The fourth-order valence-corrected chi connectivity index (χ4v) is 3.83. The molecule has 39 heavy (non-hydrogen) atoms. The molecule has 0 heterocycles. The number of aliphatic hydroxyl groups is 1. The number of aliphatic hydroxyl groups excluding tert-OH is 1. The number of benzene rings is 3. The average molecular weight is 534 g/mol. The van der Waals surface area contributed by atoms with E-state index in [4.69, 9.17) is 25.1 Å². The maximum absolute atomic E-state index is 12.8. The van der Waals surface area contributed by atoms with Crippen LogP contribution in [0.2, 0.25) is 0 Å². The van der Waals surface area contributed by atoms with Crippen molar-refractivity contribution in [3.05, 3.63) is 96.6 Å². The predicted octanol–water partition coefficient (Wildman–Crippen LogP) is 5.31. The minimum atomic E-state index is -0.730. The summed E-state index contributed by atoms with van der Waals surface area (Å²) in [5.74, 6) is 0.288. The SMILES string of the molecule is CCO[C@@H](CC/C=C/C(=O)Nc1ccccc1N)[C@@H](OC(=O)Nc1ccccc1)c1ccc(OCCO)cc1. The van der Waals surface area contributed by atoms with Crippen molar-refractivity contribution in [2.45, 2.75) is 32.0 Å². The number of carbonyl (C=O) groups excluding carboxylic acids is 2. The predicted molar refractivity (Wildman–Crippen MR) is 152 cm³/mol. The molecule has 3 rings (SSSR count). The lowest BCUT2D eigenvalue weighted by Crippen LogP contribution is -2.29. The van der Waals surface area contributed by atoms with Crippen LogP contribution in [-0.4, -0.2) is 43.0 Å². The molecule has 0 aliphatic rings. The fourth-order valence-electron chi connectivity index (χ4n) is 3.83. The molecule has 0 radical (unpaired) electrons. The Labute approximate surface area is 228 Å². The van der Waals surface area contributed by atoms with Gasteiger partial charge < -0.3 is 30.4 Å². The van der Waals surface area contributed by atoms with E-state index in [-0.39, 0.29) is 19.1 Å². The van der Waals surface area contributed by atoms with Gasteiger partial charge in [-0.05, 0) is 67.8 Å². The van der Waals surface area contributed by atoms with Crippen LogP contribution in [0.25, 0.3) is 0 Å². The second-order valence-corrected chi connectivity index (χ2v) is 8.51. The molecule has 2 atom stereocenters. The molecule has 0 saturated carbocycles. The van der Waals surface area contributed by atoms with E-state index in [0.29, 0.717) is 47.8 Å². The van der Waals surface area contributed by atoms with E-state index in [2.05, 4.69) is 10.6 Å². The van der Waals surface area contributed by atoms with Crippen molar-refractivity contribution in [2.24, 2.45) is 0 Å². The first-order chi connectivity index (χ1) is 19.0. The first kappa shape index (κ1) is 29.2. The van der Waals surface area contributed by atoms with Crippen LogP contribution >= 0.6 is 0 Å². The van der Waals surface area contributed by atoms with Crippen LogP contribution in [0, 0.1) is 0 Å². The van der Waals surface area contributed by atoms with E-state index >= 15 is 0 Å². The number of amides is 2. The number of nitrogens with two attached hydrogens (primary N) is 1. The van der Waals surface area contributed by atoms with Crippen molar-refractivity contribution in [3.8, 4) is 5.75 Å². The first-order valence-electron chi connectivity index (χ1n) is 12.8. The van der Waals surface area contributed by atoms with Gasteiger partial charge in [-0.25, -0.2) is 4.79 Å². The lowest BCUT2D eigenvalue weighted by Gasteiger charge is -2.27. The minimum absolute atomic E-state index is 0.0934. The zero-order valence-electron chi connectivity index (χ0n) is 21.9. The van der Waals surface area contributed by atoms with Crippen molar-refractivity contribution in [2.75, 3.05) is 36.2 Å². The summed E-state index contributed by atoms with van der Waals surface area (Å²) in [6.07, 6.45) is 2.34. The molecule has 0 saturated heterocycles. The summed E-state index contributed by atoms with van der Waals surface area (Å²) >= 11 is 0. The van der Waals surface area contributed by atoms with Gasteiger partial charge in [0.25, 0.3) is 0 Å². The number of hydrogen-bond donors (Lipinski definition) is 4. The summed E-state index contributed by atoms with van der Waals surface area (Å²) in [5.41, 5.74) is 8.24. The van der Waals surface area contributed by atoms with Gasteiger partial charge in [0.05, 0.1) is 24.1 Å². The van der Waals surface area contributed by atoms with E-state index in [1.54, 1.807) is 66.7 Å². The summed E-state index contributed by atoms with van der Waals surface area (Å²) in [7, 11) is 0. The van der Waals surface area contributed by atoms with E-state index in [1.165, 1.54) is 6.08 Å². The lowest BCUT2D eigenvalue weighted by atomic mass is 10.00. The molecule has 0 aromatic heterocycles. The van der Waals surface area contributed by atoms with Gasteiger partial charge in [0.1, 0.15) is 12.4 Å². The molecule has 3 aromatic carbocycles. The standard InChI is InChI=1S/C30H35N3O6/c1-2-37-27(14-8-9-15-28(35)33-26-13-7-6-12-25(26)31)29(22-16-18-24(19-17-22)38-21-20-34)39-30(36)32-23-10-4-3-5-11-23/h3-7,9-13,15-19,27,29,34H,2,8,14,20-21,31H2,1H3,(H,32,36)(H,33,35)/b15-9+/t27-,29-/m0/s1. The number of nitrogen functional groups attached to an aromatic ring is 1. The highest BCUT2D eigenvalue weighted by molar-refractivity contribution is 6.01. The third kappa shape index (κ3) is 9.81. The zero-order valence-corrected chi connectivity index (χ0v) is 21.9. The molecule has 9 heteroatoms. The van der Waals surface area contributed by atoms with Gasteiger partial charge in [-0.15, -0.1) is 0 Å². The van der Waals surface area contributed by atoms with Gasteiger partial charge in [-0.2, -0.15) is 0 Å². The van der Waals surface area contributed by atoms with Gasteiger partial charge >= 0.3 is 6.09 Å². The second kappa shape index (κ2) is 15.8. The number of nitrogens with one attached hydrogen (secondary N) is 2. The van der Waals surface area contributed by atoms with Crippen LogP contribution in [0.3, 0.4) is 0 Å². The molecule has 0 spiro atoms. The van der Waals surface area contributed by atoms with Gasteiger partial charge in [0, 0.05) is 12.3 Å². The summed E-state index contributed by atoms with van der Waals surface area (Å²) < 4.78 is 17.3. The maximum Gasteiger partial charge on any atom is 0.412 e. The second-order valence-electron chi connectivity index (χ2n) is 8.51. The number of ether oxygens (including phenoxy) is 3. The van der Waals surface area contributed by atoms with Crippen molar-refractivity contribution < 1.29 is 28.9 Å². The van der Waals surface area contributed by atoms with Gasteiger partial charge in [-0.1, -0.05) is 48.5 Å². The summed E-state index contributed by atoms with van der Waals surface area (Å²) in [4.78, 5) is 25.1. The van der Waals surface area contributed by atoms with Crippen molar-refractivity contribution in [1.82, 2.24) is 0 Å².